The molecule has 1 aliphatic rings. The van der Waals surface area contributed by atoms with Gasteiger partial charge in [-0.2, -0.15) is 0 Å². The predicted molar refractivity (Wildman–Crippen MR) is 53.2 cm³/mol. The Morgan fingerprint density at radius 2 is 1.78 bits per heavy atom. The van der Waals surface area contributed by atoms with Gasteiger partial charge in [0.2, 0.25) is 0 Å². The summed E-state index contributed by atoms with van der Waals surface area (Å²) in [7, 11) is 2.12. The van der Waals surface area contributed by atoms with Crippen molar-refractivity contribution in [2.45, 2.75) is 18.7 Å². The molecule has 1 fully saturated rings. The topological polar surface area (TPSA) is 136 Å². The first-order valence-electron chi connectivity index (χ1n) is 4.64. The summed E-state index contributed by atoms with van der Waals surface area (Å²) < 4.78 is 0. The van der Waals surface area contributed by atoms with Crippen LogP contribution in [0.2, 0.25) is 0 Å². The number of imide groups is 1. The molecule has 0 aromatic rings. The summed E-state index contributed by atoms with van der Waals surface area (Å²) in [5, 5.41) is 20.0. The fraction of sp³-hybridized carbons (Fsp3) is 0.714. The van der Waals surface area contributed by atoms with Crippen LogP contribution >= 0.6 is 0 Å². The molecule has 0 saturated carbocycles. The normalized spacial score (nSPS) is 28.3. The minimum atomic E-state index is -2.44. The predicted octanol–water partition coefficient (Wildman–Crippen LogP) is -0.920. The fourth-order valence-electron chi connectivity index (χ4n) is 1.67. The Bertz CT molecular complexity index is 438. The molecule has 0 bridgehead atoms. The zero-order chi connectivity index (χ0) is 14.2. The molecule has 100 valence electrons. The van der Waals surface area contributed by atoms with E-state index in [1.807, 2.05) is 0 Å². The average Bonchev–Trinajstić information content (AvgIpc) is 2.29. The summed E-state index contributed by atoms with van der Waals surface area (Å²) in [6.45, 7) is 0.864. The van der Waals surface area contributed by atoms with E-state index >= 15 is 0 Å². The highest BCUT2D eigenvalue weighted by molar-refractivity contribution is 6.01. The third-order valence-corrected chi connectivity index (χ3v) is 2.72. The minimum absolute atomic E-state index is 0.516. The van der Waals surface area contributed by atoms with Crippen molar-refractivity contribution in [2.24, 2.45) is 0 Å². The highest BCUT2D eigenvalue weighted by Gasteiger charge is 2.64. The Balaban J connectivity index is 3.31. The van der Waals surface area contributed by atoms with Crippen LogP contribution in [-0.2, 0) is 9.63 Å². The van der Waals surface area contributed by atoms with Crippen molar-refractivity contribution in [3.05, 3.63) is 20.2 Å². The molecule has 3 amide bonds. The van der Waals surface area contributed by atoms with Crippen molar-refractivity contribution >= 4 is 11.9 Å². The van der Waals surface area contributed by atoms with Gasteiger partial charge in [0.1, 0.15) is 0 Å². The molecular formula is C7H10N4O7. The Kier molecular flexibility index (Phi) is 3.09. The molecule has 18 heavy (non-hydrogen) atoms. The van der Waals surface area contributed by atoms with Gasteiger partial charge in [-0.05, 0) is 0 Å². The number of likely N-dealkylation sites (N-methyl/N-ethyl adjacent to an activating group) is 2. The van der Waals surface area contributed by atoms with Crippen molar-refractivity contribution in [1.82, 2.24) is 9.80 Å². The molecule has 0 radical (unpaired) electrons. The van der Waals surface area contributed by atoms with E-state index in [2.05, 4.69) is 4.84 Å². The van der Waals surface area contributed by atoms with Gasteiger partial charge in [0.25, 0.3) is 11.3 Å². The fourth-order valence-corrected chi connectivity index (χ4v) is 1.67. The Labute approximate surface area is 100 Å². The zero-order valence-corrected chi connectivity index (χ0v) is 9.72. The van der Waals surface area contributed by atoms with Gasteiger partial charge in [0.15, 0.2) is 0 Å². The smallest absolute Gasteiger partial charge is 0.295 e. The quantitative estimate of drug-likeness (QED) is 0.473. The lowest BCUT2D eigenvalue weighted by Gasteiger charge is -2.40. The molecule has 0 aromatic carbocycles. The van der Waals surface area contributed by atoms with Gasteiger partial charge >= 0.3 is 17.5 Å². The van der Waals surface area contributed by atoms with Crippen molar-refractivity contribution in [3.8, 4) is 0 Å². The maximum Gasteiger partial charge on any atom is 0.340 e. The number of nitrogens with zero attached hydrogens (tertiary/aromatic N) is 4. The Morgan fingerprint density at radius 3 is 2.17 bits per heavy atom. The van der Waals surface area contributed by atoms with Gasteiger partial charge in [0, 0.05) is 25.9 Å². The van der Waals surface area contributed by atoms with E-state index in [9.17, 15) is 29.8 Å². The summed E-state index contributed by atoms with van der Waals surface area (Å²) >= 11 is 0. The maximum atomic E-state index is 11.8. The standard InChI is InChI=1S/C7H10N4O7/c1-7(10(14)15)4(12)8(2)6(13)9(3)5(7)18-11(16)17/h5H,1-3H3/t5-,7-/m1/s1. The lowest BCUT2D eigenvalue weighted by Crippen LogP contribution is -2.71. The summed E-state index contributed by atoms with van der Waals surface area (Å²) in [6.07, 6.45) is -1.92. The van der Waals surface area contributed by atoms with Gasteiger partial charge in [-0.15, -0.1) is 10.1 Å². The first kappa shape index (κ1) is 13.6. The first-order chi connectivity index (χ1) is 8.13. The summed E-state index contributed by atoms with van der Waals surface area (Å²) in [6, 6.07) is -0.925. The van der Waals surface area contributed by atoms with E-state index in [0.29, 0.717) is 9.80 Å². The molecule has 2 atom stereocenters. The molecule has 11 heteroatoms. The molecule has 0 unspecified atom stereocenters. The Hall–Kier alpha value is -2.46. The second kappa shape index (κ2) is 4.09. The molecule has 0 spiro atoms. The number of hydrogen-bond acceptors (Lipinski definition) is 7. The molecule has 11 nitrogen and oxygen atoms in total. The van der Waals surface area contributed by atoms with Crippen LogP contribution in [0.25, 0.3) is 0 Å². The van der Waals surface area contributed by atoms with Crippen LogP contribution in [0.4, 0.5) is 4.79 Å². The van der Waals surface area contributed by atoms with Crippen LogP contribution in [-0.4, -0.2) is 57.6 Å². The molecule has 1 rings (SSSR count). The molecule has 0 aromatic heterocycles. The largest absolute Gasteiger partial charge is 0.340 e. The van der Waals surface area contributed by atoms with Crippen LogP contribution < -0.4 is 0 Å². The summed E-state index contributed by atoms with van der Waals surface area (Å²) in [4.78, 5) is 48.9. The van der Waals surface area contributed by atoms with Crippen molar-refractivity contribution in [2.75, 3.05) is 14.1 Å². The van der Waals surface area contributed by atoms with E-state index in [4.69, 9.17) is 0 Å². The molecule has 0 N–H and O–H groups in total. The van der Waals surface area contributed by atoms with Crippen molar-refractivity contribution < 1.29 is 24.4 Å². The second-order valence-corrected chi connectivity index (χ2v) is 3.84. The molecule has 0 aliphatic carbocycles. The maximum absolute atomic E-state index is 11.8. The zero-order valence-electron chi connectivity index (χ0n) is 9.72. The number of carbonyl (C=O) groups excluding carboxylic acids is 2. The van der Waals surface area contributed by atoms with E-state index < -0.39 is 33.7 Å². The highest BCUT2D eigenvalue weighted by atomic mass is 17.0. The lowest BCUT2D eigenvalue weighted by atomic mass is 9.96. The third kappa shape index (κ3) is 1.69. The average molecular weight is 262 g/mol. The molecule has 1 saturated heterocycles. The van der Waals surface area contributed by atoms with Gasteiger partial charge in [-0.25, -0.2) is 4.79 Å². The number of urea groups is 1. The first-order valence-corrected chi connectivity index (χ1v) is 4.64. The van der Waals surface area contributed by atoms with Crippen LogP contribution in [0.3, 0.4) is 0 Å². The number of hydrogen-bond donors (Lipinski definition) is 0. The number of rotatable bonds is 3. The van der Waals surface area contributed by atoms with Crippen LogP contribution in [0.5, 0.6) is 0 Å². The Morgan fingerprint density at radius 1 is 1.28 bits per heavy atom. The van der Waals surface area contributed by atoms with Gasteiger partial charge in [-0.3, -0.25) is 29.5 Å². The minimum Gasteiger partial charge on any atom is -0.295 e. The van der Waals surface area contributed by atoms with E-state index in [1.54, 1.807) is 0 Å². The lowest BCUT2D eigenvalue weighted by molar-refractivity contribution is -0.787. The second-order valence-electron chi connectivity index (χ2n) is 3.84. The van der Waals surface area contributed by atoms with E-state index in [1.165, 1.54) is 0 Å². The summed E-state index contributed by atoms with van der Waals surface area (Å²) in [5.74, 6) is -1.18. The van der Waals surface area contributed by atoms with Gasteiger partial charge in [0.05, 0.1) is 0 Å². The number of amides is 3. The number of nitro groups is 1. The molecule has 1 heterocycles. The van der Waals surface area contributed by atoms with Gasteiger partial charge in [-0.1, -0.05) is 0 Å². The van der Waals surface area contributed by atoms with Crippen LogP contribution in [0, 0.1) is 20.2 Å². The van der Waals surface area contributed by atoms with Crippen molar-refractivity contribution in [1.29, 1.82) is 0 Å². The van der Waals surface area contributed by atoms with Crippen molar-refractivity contribution in [3.63, 3.8) is 0 Å². The molecule has 1 aliphatic heterocycles. The van der Waals surface area contributed by atoms with Crippen LogP contribution in [0.1, 0.15) is 6.92 Å². The van der Waals surface area contributed by atoms with E-state index in [0.717, 1.165) is 21.0 Å². The van der Waals surface area contributed by atoms with Gasteiger partial charge < -0.3 is 0 Å². The highest BCUT2D eigenvalue weighted by Crippen LogP contribution is 2.28. The number of carbonyl (C=O) groups is 2. The van der Waals surface area contributed by atoms with Crippen LogP contribution in [0.15, 0.2) is 0 Å². The SMILES string of the molecule is CN1C(=O)N(C)[C@H](O[N+](=O)[O-])[C@](C)([N+](=O)[O-])C1=O. The third-order valence-electron chi connectivity index (χ3n) is 2.72. The summed E-state index contributed by atoms with van der Waals surface area (Å²) in [5.41, 5.74) is -2.44. The molecular weight excluding hydrogens is 252 g/mol. The van der Waals surface area contributed by atoms with E-state index in [-0.39, 0.29) is 0 Å². The monoisotopic (exact) mass is 262 g/mol.